The van der Waals surface area contributed by atoms with Crippen LogP contribution in [0, 0.1) is 25.7 Å². The molecule has 1 aromatic carbocycles. The van der Waals surface area contributed by atoms with E-state index < -0.39 is 0 Å². The number of aryl methyl sites for hydroxylation is 2. The third kappa shape index (κ3) is 3.75. The zero-order chi connectivity index (χ0) is 14.7. The van der Waals surface area contributed by atoms with Crippen molar-refractivity contribution in [2.24, 2.45) is 16.8 Å². The van der Waals surface area contributed by atoms with E-state index in [1.807, 2.05) is 13.4 Å². The zero-order valence-corrected chi connectivity index (χ0v) is 13.3. The first-order valence-corrected chi connectivity index (χ1v) is 7.49. The average Bonchev–Trinajstić information content (AvgIpc) is 3.13. The number of hydrogen-bond donors (Lipinski definition) is 0. The van der Waals surface area contributed by atoms with Crippen LogP contribution in [0.2, 0.25) is 0 Å². The molecule has 3 nitrogen and oxygen atoms in total. The van der Waals surface area contributed by atoms with E-state index in [0.717, 1.165) is 47.6 Å². The van der Waals surface area contributed by atoms with E-state index in [0.29, 0.717) is 0 Å². The van der Waals surface area contributed by atoms with Gasteiger partial charge < -0.3 is 9.64 Å². The minimum atomic E-state index is 0.755. The molecule has 0 amide bonds. The Balaban J connectivity index is 2.05. The normalized spacial score (nSPS) is 21.2. The zero-order valence-electron chi connectivity index (χ0n) is 13.3. The van der Waals surface area contributed by atoms with Crippen molar-refractivity contribution < 1.29 is 4.74 Å². The predicted molar refractivity (Wildman–Crippen MR) is 85.1 cm³/mol. The molecule has 0 aliphatic heterocycles. The molecule has 0 saturated heterocycles. The van der Waals surface area contributed by atoms with E-state index in [9.17, 15) is 0 Å². The molecule has 0 bridgehead atoms. The summed E-state index contributed by atoms with van der Waals surface area (Å²) in [5, 5.41) is 0. The summed E-state index contributed by atoms with van der Waals surface area (Å²) in [6, 6.07) is 4.22. The van der Waals surface area contributed by atoms with Gasteiger partial charge in [0.15, 0.2) is 0 Å². The summed E-state index contributed by atoms with van der Waals surface area (Å²) in [6.45, 7) is 10.4. The molecule has 0 radical (unpaired) electrons. The highest BCUT2D eigenvalue weighted by Crippen LogP contribution is 2.38. The molecular weight excluding hydrogens is 248 g/mol. The summed E-state index contributed by atoms with van der Waals surface area (Å²) < 4.78 is 5.95. The van der Waals surface area contributed by atoms with Crippen LogP contribution in [0.5, 0.6) is 5.75 Å². The van der Waals surface area contributed by atoms with Crippen LogP contribution >= 0.6 is 0 Å². The van der Waals surface area contributed by atoms with Crippen LogP contribution in [0.25, 0.3) is 0 Å². The highest BCUT2D eigenvalue weighted by atomic mass is 16.5. The molecule has 1 fully saturated rings. The Morgan fingerprint density at radius 2 is 2.05 bits per heavy atom. The fraction of sp³-hybridized carbons (Fsp3) is 0.588. The van der Waals surface area contributed by atoms with Crippen molar-refractivity contribution in [1.29, 1.82) is 0 Å². The molecule has 2 atom stereocenters. The Hall–Kier alpha value is -1.51. The third-order valence-corrected chi connectivity index (χ3v) is 4.12. The lowest BCUT2D eigenvalue weighted by atomic mass is 10.1. The van der Waals surface area contributed by atoms with Gasteiger partial charge in [0.25, 0.3) is 0 Å². The lowest BCUT2D eigenvalue weighted by molar-refractivity contribution is 0.291. The number of benzene rings is 1. The summed E-state index contributed by atoms with van der Waals surface area (Å²) in [7, 11) is 2.03. The average molecular weight is 274 g/mol. The fourth-order valence-electron chi connectivity index (χ4n) is 2.14. The van der Waals surface area contributed by atoms with Gasteiger partial charge in [0.1, 0.15) is 5.75 Å². The number of hydrogen-bond acceptors (Lipinski definition) is 2. The third-order valence-electron chi connectivity index (χ3n) is 4.12. The second-order valence-corrected chi connectivity index (χ2v) is 6.01. The lowest BCUT2D eigenvalue weighted by Crippen LogP contribution is -2.14. The van der Waals surface area contributed by atoms with Crippen LogP contribution in [-0.4, -0.2) is 31.4 Å². The van der Waals surface area contributed by atoms with Gasteiger partial charge in [-0.2, -0.15) is 0 Å². The fourth-order valence-corrected chi connectivity index (χ4v) is 2.14. The van der Waals surface area contributed by atoms with Crippen molar-refractivity contribution in [1.82, 2.24) is 4.90 Å². The standard InChI is InChI=1S/C17H26N2O/c1-6-19(5)11-18-16-8-14(4)17(9-13(16)3)20-10-15-7-12(15)2/h8-9,11-12,15H,6-7,10H2,1-5H3/b18-11+. The highest BCUT2D eigenvalue weighted by molar-refractivity contribution is 5.64. The number of rotatable bonds is 6. The van der Waals surface area contributed by atoms with Gasteiger partial charge in [-0.05, 0) is 62.3 Å². The maximum absolute atomic E-state index is 5.95. The summed E-state index contributed by atoms with van der Waals surface area (Å²) >= 11 is 0. The first-order chi connectivity index (χ1) is 9.51. The molecule has 0 spiro atoms. The molecule has 0 heterocycles. The van der Waals surface area contributed by atoms with Crippen LogP contribution in [-0.2, 0) is 0 Å². The Kier molecular flexibility index (Phi) is 4.69. The maximum Gasteiger partial charge on any atom is 0.122 e. The largest absolute Gasteiger partial charge is 0.493 e. The number of ether oxygens (including phenoxy) is 1. The van der Waals surface area contributed by atoms with Gasteiger partial charge in [0.05, 0.1) is 18.6 Å². The van der Waals surface area contributed by atoms with Crippen LogP contribution in [0.15, 0.2) is 17.1 Å². The molecule has 0 N–H and O–H groups in total. The second kappa shape index (κ2) is 6.29. The van der Waals surface area contributed by atoms with E-state index in [2.05, 4.69) is 49.7 Å². The Labute approximate surface area is 122 Å². The first kappa shape index (κ1) is 14.9. The minimum Gasteiger partial charge on any atom is -0.493 e. The molecule has 3 heteroatoms. The quantitative estimate of drug-likeness (QED) is 0.579. The van der Waals surface area contributed by atoms with Crippen LogP contribution in [0.1, 0.15) is 31.4 Å². The molecule has 1 aliphatic rings. The topological polar surface area (TPSA) is 24.8 Å². The Morgan fingerprint density at radius 3 is 2.65 bits per heavy atom. The summed E-state index contributed by atoms with van der Waals surface area (Å²) in [4.78, 5) is 6.61. The van der Waals surface area contributed by atoms with Crippen LogP contribution in [0.3, 0.4) is 0 Å². The van der Waals surface area contributed by atoms with Crippen molar-refractivity contribution in [3.63, 3.8) is 0 Å². The molecule has 1 aliphatic carbocycles. The monoisotopic (exact) mass is 274 g/mol. The van der Waals surface area contributed by atoms with Gasteiger partial charge in [-0.25, -0.2) is 4.99 Å². The van der Waals surface area contributed by atoms with Gasteiger partial charge in [0.2, 0.25) is 0 Å². The van der Waals surface area contributed by atoms with Gasteiger partial charge in [-0.3, -0.25) is 0 Å². The van der Waals surface area contributed by atoms with Gasteiger partial charge in [-0.15, -0.1) is 0 Å². The molecule has 2 unspecified atom stereocenters. The molecular formula is C17H26N2O. The van der Waals surface area contributed by atoms with Gasteiger partial charge in [-0.1, -0.05) is 6.92 Å². The molecule has 20 heavy (non-hydrogen) atoms. The number of nitrogens with zero attached hydrogens (tertiary/aromatic N) is 2. The predicted octanol–water partition coefficient (Wildman–Crippen LogP) is 3.95. The van der Waals surface area contributed by atoms with Crippen molar-refractivity contribution in [3.05, 3.63) is 23.3 Å². The van der Waals surface area contributed by atoms with Crippen LogP contribution < -0.4 is 4.74 Å². The van der Waals surface area contributed by atoms with Crippen molar-refractivity contribution in [2.45, 2.75) is 34.1 Å². The Morgan fingerprint density at radius 1 is 1.35 bits per heavy atom. The molecule has 110 valence electrons. The van der Waals surface area contributed by atoms with Crippen molar-refractivity contribution in [2.75, 3.05) is 20.2 Å². The molecule has 1 aromatic rings. The molecule has 1 saturated carbocycles. The maximum atomic E-state index is 5.95. The van der Waals surface area contributed by atoms with E-state index in [4.69, 9.17) is 4.74 Å². The second-order valence-electron chi connectivity index (χ2n) is 6.01. The summed E-state index contributed by atoms with van der Waals surface area (Å²) in [6.07, 6.45) is 3.19. The van der Waals surface area contributed by atoms with E-state index in [1.165, 1.54) is 6.42 Å². The van der Waals surface area contributed by atoms with E-state index >= 15 is 0 Å². The SMILES string of the molecule is CCN(C)/C=N/c1cc(C)c(OCC2CC2C)cc1C. The van der Waals surface area contributed by atoms with Gasteiger partial charge in [0, 0.05) is 13.6 Å². The smallest absolute Gasteiger partial charge is 0.122 e. The van der Waals surface area contributed by atoms with Crippen LogP contribution in [0.4, 0.5) is 5.69 Å². The summed E-state index contributed by atoms with van der Waals surface area (Å²) in [5.74, 6) is 2.60. The Bertz CT molecular complexity index is 496. The van der Waals surface area contributed by atoms with E-state index in [-0.39, 0.29) is 0 Å². The van der Waals surface area contributed by atoms with Gasteiger partial charge >= 0.3 is 0 Å². The molecule has 0 aromatic heterocycles. The molecule has 2 rings (SSSR count). The number of aliphatic imine (C=N–C) groups is 1. The summed E-state index contributed by atoms with van der Waals surface area (Å²) in [5.41, 5.74) is 3.35. The van der Waals surface area contributed by atoms with E-state index in [1.54, 1.807) is 0 Å². The van der Waals surface area contributed by atoms with Crippen molar-refractivity contribution >= 4 is 12.0 Å². The lowest BCUT2D eigenvalue weighted by Gasteiger charge is -2.13. The van der Waals surface area contributed by atoms with Crippen molar-refractivity contribution in [3.8, 4) is 5.75 Å². The first-order valence-electron chi connectivity index (χ1n) is 7.49. The minimum absolute atomic E-state index is 0.755. The highest BCUT2D eigenvalue weighted by Gasteiger charge is 2.33.